The molecule has 1 nitrogen and oxygen atoms in total. The molecular weight excluding hydrogens is 187 g/mol. The van der Waals surface area contributed by atoms with Crippen molar-refractivity contribution in [3.8, 4) is 11.2 Å². The normalized spacial score (nSPS) is 21.7. The third-order valence-electron chi connectivity index (χ3n) is 1.07. The Morgan fingerprint density at radius 1 is 1.42 bits per heavy atom. The number of halogens is 3. The van der Waals surface area contributed by atoms with Crippen LogP contribution in [0.1, 0.15) is 0 Å². The van der Waals surface area contributed by atoms with Crippen molar-refractivity contribution >= 4 is 16.0 Å². The third-order valence-corrected chi connectivity index (χ3v) is 2.59. The first-order chi connectivity index (χ1) is 5.55. The summed E-state index contributed by atoms with van der Waals surface area (Å²) >= 11 is 0. The Labute approximate surface area is 70.9 Å². The lowest BCUT2D eigenvalue weighted by molar-refractivity contribution is -0.191. The van der Waals surface area contributed by atoms with Gasteiger partial charge in [-0.1, -0.05) is 5.92 Å². The quantitative estimate of drug-likeness (QED) is 0.323. The first-order valence-corrected chi connectivity index (χ1v) is 4.19. The highest BCUT2D eigenvalue weighted by atomic mass is 32.2. The van der Waals surface area contributed by atoms with Crippen LogP contribution in [0.3, 0.4) is 0 Å². The van der Waals surface area contributed by atoms with Crippen LogP contribution in [0.15, 0.2) is 12.3 Å². The fraction of sp³-hybridized carbons (Fsp3) is 0.143. The number of hydrogen-bond acceptors (Lipinski definition) is 1. The predicted octanol–water partition coefficient (Wildman–Crippen LogP) is 2.12. The van der Waals surface area contributed by atoms with Crippen LogP contribution in [0.5, 0.6) is 0 Å². The lowest BCUT2D eigenvalue weighted by Gasteiger charge is -2.19. The molecule has 5 heteroatoms. The molecule has 12 heavy (non-hydrogen) atoms. The van der Waals surface area contributed by atoms with E-state index in [2.05, 4.69) is 18.1 Å². The number of allylic oxidation sites excluding steroid dienone is 1. The van der Waals surface area contributed by atoms with Gasteiger partial charge in [0, 0.05) is 13.1 Å². The molecule has 1 aliphatic heterocycles. The van der Waals surface area contributed by atoms with Crippen LogP contribution in [0.4, 0.5) is 13.2 Å². The van der Waals surface area contributed by atoms with E-state index in [1.165, 1.54) is 11.4 Å². The van der Waals surface area contributed by atoms with Crippen molar-refractivity contribution in [2.75, 3.05) is 0 Å². The Bertz CT molecular complexity index is 292. The average molecular weight is 192 g/mol. The largest absolute Gasteiger partial charge is 0.494 e. The van der Waals surface area contributed by atoms with Crippen molar-refractivity contribution in [1.82, 2.24) is 4.31 Å². The van der Waals surface area contributed by atoms with Crippen LogP contribution >= 0.6 is 10.7 Å². The summed E-state index contributed by atoms with van der Waals surface area (Å²) in [4.78, 5) is 0. The molecule has 1 unspecified atom stereocenters. The molecule has 0 aromatic carbocycles. The first-order valence-electron chi connectivity index (χ1n) is 2.94. The van der Waals surface area contributed by atoms with E-state index in [1.807, 2.05) is 0 Å². The van der Waals surface area contributed by atoms with Gasteiger partial charge in [-0.3, -0.25) is 0 Å². The van der Waals surface area contributed by atoms with Crippen LogP contribution in [-0.2, 0) is 0 Å². The van der Waals surface area contributed by atoms with E-state index < -0.39 is 17.0 Å². The highest BCUT2D eigenvalue weighted by Gasteiger charge is 2.37. The van der Waals surface area contributed by atoms with Gasteiger partial charge in [0.25, 0.3) is 0 Å². The van der Waals surface area contributed by atoms with E-state index in [0.717, 1.165) is 6.20 Å². The monoisotopic (exact) mass is 192 g/mol. The minimum atomic E-state index is -4.35. The molecule has 65 valence electrons. The Hall–Kier alpha value is -0.890. The molecule has 0 fully saturated rings. The second kappa shape index (κ2) is 3.23. The lowest BCUT2D eigenvalue weighted by atomic mass is 10.7. The van der Waals surface area contributed by atoms with Gasteiger partial charge in [0.05, 0.1) is 0 Å². The van der Waals surface area contributed by atoms with Gasteiger partial charge < -0.3 is 0 Å². The zero-order chi connectivity index (χ0) is 9.19. The van der Waals surface area contributed by atoms with E-state index in [1.54, 1.807) is 0 Å². The summed E-state index contributed by atoms with van der Waals surface area (Å²) in [5.74, 6) is 2.21. The third kappa shape index (κ3) is 1.83. The summed E-state index contributed by atoms with van der Waals surface area (Å²) in [5.41, 5.74) is 0. The maximum absolute atomic E-state index is 12.1. The molecule has 1 atom stereocenters. The molecule has 0 aliphatic carbocycles. The van der Waals surface area contributed by atoms with Gasteiger partial charge in [-0.15, -0.1) is 13.2 Å². The van der Waals surface area contributed by atoms with Crippen LogP contribution in [-0.4, -0.2) is 16.0 Å². The predicted molar refractivity (Wildman–Crippen MR) is 43.8 cm³/mol. The second-order valence-electron chi connectivity index (χ2n) is 1.86. The molecule has 1 rings (SSSR count). The van der Waals surface area contributed by atoms with Crippen LogP contribution in [0.2, 0.25) is 0 Å². The highest BCUT2D eigenvalue weighted by Crippen LogP contribution is 2.35. The number of alkyl halides is 3. The fourth-order valence-corrected chi connectivity index (χ4v) is 1.76. The molecule has 0 bridgehead atoms. The molecule has 0 saturated heterocycles. The van der Waals surface area contributed by atoms with E-state index in [4.69, 9.17) is 0 Å². The summed E-state index contributed by atoms with van der Waals surface area (Å²) in [6.45, 7) is 3.17. The Kier molecular flexibility index (Phi) is 2.48. The highest BCUT2D eigenvalue weighted by molar-refractivity contribution is 8.17. The van der Waals surface area contributed by atoms with Crippen LogP contribution in [0, 0.1) is 18.1 Å². The Balaban J connectivity index is 2.86. The van der Waals surface area contributed by atoms with Gasteiger partial charge in [-0.2, -0.15) is 0 Å². The van der Waals surface area contributed by atoms with Gasteiger partial charge in [0.1, 0.15) is 0 Å². The summed E-state index contributed by atoms with van der Waals surface area (Å²) in [6, 6.07) is 0. The average Bonchev–Trinajstić information content (AvgIpc) is 2.34. The van der Waals surface area contributed by atoms with Gasteiger partial charge in [0.15, 0.2) is 0 Å². The molecule has 0 N–H and O–H groups in total. The molecule has 1 aliphatic rings. The van der Waals surface area contributed by atoms with E-state index in [-0.39, 0.29) is 4.31 Å². The van der Waals surface area contributed by atoms with Crippen LogP contribution < -0.4 is 0 Å². The topological polar surface area (TPSA) is 3.24 Å². The van der Waals surface area contributed by atoms with E-state index in [9.17, 15) is 13.2 Å². The van der Waals surface area contributed by atoms with E-state index in [0.29, 0.717) is 0 Å². The van der Waals surface area contributed by atoms with Crippen molar-refractivity contribution in [3.63, 3.8) is 0 Å². The van der Waals surface area contributed by atoms with Gasteiger partial charge in [-0.25, -0.2) is 4.31 Å². The van der Waals surface area contributed by atoms with Gasteiger partial charge in [0.2, 0.25) is 0 Å². The second-order valence-corrected chi connectivity index (χ2v) is 3.36. The first kappa shape index (κ1) is 9.20. The SMILES string of the molecule is [CH2]C#CS1=CC=CN1C(F)(F)F. The van der Waals surface area contributed by atoms with Crippen molar-refractivity contribution in [2.45, 2.75) is 6.30 Å². The molecule has 0 spiro atoms. The zero-order valence-corrected chi connectivity index (χ0v) is 6.75. The smallest absolute Gasteiger partial charge is 0.228 e. The number of hydrogen-bond donors (Lipinski definition) is 0. The molecular formula is C7H5F3NS. The summed E-state index contributed by atoms with van der Waals surface area (Å²) in [5, 5.41) is 3.75. The summed E-state index contributed by atoms with van der Waals surface area (Å²) in [6.07, 6.45) is -2.05. The number of rotatable bonds is 0. The fourth-order valence-electron chi connectivity index (χ4n) is 0.672. The Morgan fingerprint density at radius 3 is 2.58 bits per heavy atom. The molecule has 0 amide bonds. The summed E-state index contributed by atoms with van der Waals surface area (Å²) < 4.78 is 36.6. The van der Waals surface area contributed by atoms with Crippen LogP contribution in [0.25, 0.3) is 0 Å². The zero-order valence-electron chi connectivity index (χ0n) is 5.93. The van der Waals surface area contributed by atoms with Crippen molar-refractivity contribution in [3.05, 3.63) is 19.2 Å². The summed E-state index contributed by atoms with van der Waals surface area (Å²) in [7, 11) is -1.19. The Morgan fingerprint density at radius 2 is 2.08 bits per heavy atom. The minimum Gasteiger partial charge on any atom is -0.228 e. The molecule has 1 heterocycles. The molecule has 0 saturated carbocycles. The minimum absolute atomic E-state index is 0.255. The molecule has 0 aromatic heterocycles. The van der Waals surface area contributed by atoms with Crippen molar-refractivity contribution in [2.24, 2.45) is 0 Å². The van der Waals surface area contributed by atoms with Crippen molar-refractivity contribution < 1.29 is 13.2 Å². The maximum Gasteiger partial charge on any atom is 0.494 e. The lowest BCUT2D eigenvalue weighted by Crippen LogP contribution is -2.26. The van der Waals surface area contributed by atoms with Gasteiger partial charge in [-0.05, 0) is 27.4 Å². The van der Waals surface area contributed by atoms with Gasteiger partial charge >= 0.3 is 6.30 Å². The number of nitrogens with zero attached hydrogens (tertiary/aromatic N) is 1. The molecule has 1 radical (unpaired) electrons. The maximum atomic E-state index is 12.1. The van der Waals surface area contributed by atoms with E-state index >= 15 is 0 Å². The molecule has 0 aromatic rings. The van der Waals surface area contributed by atoms with Crippen molar-refractivity contribution in [1.29, 1.82) is 0 Å². The standard InChI is InChI=1S/C7H5F3NS/c1-2-5-12-6-3-4-11(12)7(8,9)10/h3-4,6H,1H2.